The van der Waals surface area contributed by atoms with Crippen LogP contribution in [0.2, 0.25) is 5.15 Å². The summed E-state index contributed by atoms with van der Waals surface area (Å²) in [4.78, 5) is 4.71. The third kappa shape index (κ3) is 1.67. The molecule has 4 heteroatoms. The molecule has 0 bridgehead atoms. The molecule has 0 saturated heterocycles. The molecule has 3 nitrogen and oxygen atoms in total. The van der Waals surface area contributed by atoms with Gasteiger partial charge in [0.05, 0.1) is 11.2 Å². The van der Waals surface area contributed by atoms with Gasteiger partial charge >= 0.3 is 0 Å². The van der Waals surface area contributed by atoms with Gasteiger partial charge in [-0.3, -0.25) is 0 Å². The minimum Gasteiger partial charge on any atom is -0.228 e. The predicted octanol–water partition coefficient (Wildman–Crippen LogP) is 4.20. The first kappa shape index (κ1) is 11.4. The lowest BCUT2D eigenvalue weighted by atomic mass is 10.1. The molecular weight excluding hydrogens is 270 g/mol. The number of benzene rings is 2. The van der Waals surface area contributed by atoms with E-state index >= 15 is 0 Å². The molecule has 0 atom stereocenters. The summed E-state index contributed by atoms with van der Waals surface area (Å²) in [5.41, 5.74) is 3.58. The molecule has 0 radical (unpaired) electrons. The summed E-state index contributed by atoms with van der Waals surface area (Å²) in [5.74, 6) is 0. The van der Waals surface area contributed by atoms with Crippen molar-refractivity contribution in [2.75, 3.05) is 0 Å². The summed E-state index contributed by atoms with van der Waals surface area (Å²) in [6.07, 6.45) is 0. The fourth-order valence-corrected chi connectivity index (χ4v) is 2.57. The monoisotopic (exact) mass is 279 g/mol. The third-order valence-corrected chi connectivity index (χ3v) is 3.58. The van der Waals surface area contributed by atoms with E-state index in [1.165, 1.54) is 0 Å². The maximum atomic E-state index is 6.34. The van der Waals surface area contributed by atoms with Crippen molar-refractivity contribution in [3.8, 4) is 11.3 Å². The van der Waals surface area contributed by atoms with Crippen molar-refractivity contribution in [3.05, 3.63) is 65.8 Å². The van der Waals surface area contributed by atoms with Crippen molar-refractivity contribution in [1.82, 2.24) is 14.6 Å². The van der Waals surface area contributed by atoms with Crippen LogP contribution in [0.4, 0.5) is 0 Å². The number of fused-ring (bicyclic) bond motifs is 3. The van der Waals surface area contributed by atoms with Crippen LogP contribution >= 0.6 is 11.6 Å². The van der Waals surface area contributed by atoms with E-state index in [4.69, 9.17) is 16.6 Å². The maximum Gasteiger partial charge on any atom is 0.165 e. The first-order valence-corrected chi connectivity index (χ1v) is 6.70. The Kier molecular flexibility index (Phi) is 2.47. The maximum absolute atomic E-state index is 6.34. The van der Waals surface area contributed by atoms with Crippen LogP contribution < -0.4 is 0 Å². The van der Waals surface area contributed by atoms with Gasteiger partial charge in [-0.05, 0) is 12.1 Å². The summed E-state index contributed by atoms with van der Waals surface area (Å²) in [6.45, 7) is 0. The van der Waals surface area contributed by atoms with Gasteiger partial charge in [0.2, 0.25) is 0 Å². The molecule has 2 heterocycles. The molecule has 0 fully saturated rings. The minimum atomic E-state index is 0.560. The number of hydrogen-bond acceptors (Lipinski definition) is 2. The van der Waals surface area contributed by atoms with E-state index in [0.29, 0.717) is 5.15 Å². The highest BCUT2D eigenvalue weighted by Crippen LogP contribution is 2.26. The highest BCUT2D eigenvalue weighted by molar-refractivity contribution is 6.30. The van der Waals surface area contributed by atoms with Gasteiger partial charge in [0.1, 0.15) is 5.15 Å². The van der Waals surface area contributed by atoms with Crippen LogP contribution in [0.1, 0.15) is 0 Å². The second kappa shape index (κ2) is 4.32. The fraction of sp³-hybridized carbons (Fsp3) is 0. The lowest BCUT2D eigenvalue weighted by Crippen LogP contribution is -1.94. The lowest BCUT2D eigenvalue weighted by molar-refractivity contribution is 0.959. The minimum absolute atomic E-state index is 0.560. The highest BCUT2D eigenvalue weighted by atomic mass is 35.5. The third-order valence-electron chi connectivity index (χ3n) is 3.31. The van der Waals surface area contributed by atoms with Gasteiger partial charge in [-0.1, -0.05) is 54.1 Å². The summed E-state index contributed by atoms with van der Waals surface area (Å²) < 4.78 is 1.68. The van der Waals surface area contributed by atoms with Crippen molar-refractivity contribution in [1.29, 1.82) is 0 Å². The molecule has 20 heavy (non-hydrogen) atoms. The number of nitrogens with zero attached hydrogens (tertiary/aromatic N) is 3. The van der Waals surface area contributed by atoms with Gasteiger partial charge in [0.25, 0.3) is 0 Å². The molecule has 0 spiro atoms. The average Bonchev–Trinajstić information content (AvgIpc) is 2.88. The molecule has 96 valence electrons. The Morgan fingerprint density at radius 3 is 2.50 bits per heavy atom. The lowest BCUT2D eigenvalue weighted by Gasteiger charge is -2.03. The summed E-state index contributed by atoms with van der Waals surface area (Å²) >= 11 is 6.34. The van der Waals surface area contributed by atoms with E-state index in [1.807, 2.05) is 60.7 Å². The fourth-order valence-electron chi connectivity index (χ4n) is 2.35. The molecule has 0 saturated carbocycles. The van der Waals surface area contributed by atoms with E-state index in [1.54, 1.807) is 4.52 Å². The number of hydrogen-bond donors (Lipinski definition) is 0. The molecule has 0 unspecified atom stereocenters. The van der Waals surface area contributed by atoms with Gasteiger partial charge in [-0.15, -0.1) is 0 Å². The Labute approximate surface area is 120 Å². The van der Waals surface area contributed by atoms with E-state index < -0.39 is 0 Å². The van der Waals surface area contributed by atoms with Crippen molar-refractivity contribution >= 4 is 28.2 Å². The second-order valence-electron chi connectivity index (χ2n) is 4.58. The van der Waals surface area contributed by atoms with E-state index in [9.17, 15) is 0 Å². The molecule has 0 N–H and O–H groups in total. The van der Waals surface area contributed by atoms with Gasteiger partial charge in [-0.2, -0.15) is 5.10 Å². The molecule has 4 rings (SSSR count). The van der Waals surface area contributed by atoms with Crippen LogP contribution in [0.15, 0.2) is 60.7 Å². The van der Waals surface area contributed by atoms with Gasteiger partial charge in [0.15, 0.2) is 5.65 Å². The smallest absolute Gasteiger partial charge is 0.165 e. The SMILES string of the molecule is Clc1cc(-c2ccccc2)nc2c3ccccc3nn12. The standard InChI is InChI=1S/C16H10ClN3/c17-15-10-14(11-6-2-1-3-7-11)18-16-12-8-4-5-9-13(12)19-20(15)16/h1-10H. The molecule has 0 aliphatic rings. The van der Waals surface area contributed by atoms with Gasteiger partial charge in [0, 0.05) is 17.0 Å². The van der Waals surface area contributed by atoms with Gasteiger partial charge in [-0.25, -0.2) is 9.50 Å². The van der Waals surface area contributed by atoms with E-state index in [-0.39, 0.29) is 0 Å². The zero-order chi connectivity index (χ0) is 13.5. The quantitative estimate of drug-likeness (QED) is 0.489. The highest BCUT2D eigenvalue weighted by Gasteiger charge is 2.11. The van der Waals surface area contributed by atoms with Crippen LogP contribution in [0.25, 0.3) is 27.8 Å². The van der Waals surface area contributed by atoms with Crippen LogP contribution in [0, 0.1) is 0 Å². The molecule has 0 aliphatic heterocycles. The van der Waals surface area contributed by atoms with Crippen molar-refractivity contribution in [2.45, 2.75) is 0 Å². The van der Waals surface area contributed by atoms with Crippen molar-refractivity contribution < 1.29 is 0 Å². The Bertz CT molecular complexity index is 913. The number of rotatable bonds is 1. The van der Waals surface area contributed by atoms with Crippen LogP contribution in [-0.2, 0) is 0 Å². The topological polar surface area (TPSA) is 30.2 Å². The van der Waals surface area contributed by atoms with E-state index in [2.05, 4.69) is 5.10 Å². The molecule has 0 amide bonds. The van der Waals surface area contributed by atoms with Crippen LogP contribution in [0.3, 0.4) is 0 Å². The van der Waals surface area contributed by atoms with Crippen LogP contribution in [0.5, 0.6) is 0 Å². The Morgan fingerprint density at radius 1 is 0.900 bits per heavy atom. The normalized spacial score (nSPS) is 11.2. The van der Waals surface area contributed by atoms with Gasteiger partial charge < -0.3 is 0 Å². The zero-order valence-electron chi connectivity index (χ0n) is 10.5. The zero-order valence-corrected chi connectivity index (χ0v) is 11.2. The molecule has 4 aromatic rings. The molecule has 2 aromatic heterocycles. The van der Waals surface area contributed by atoms with Crippen molar-refractivity contribution in [2.24, 2.45) is 0 Å². The Balaban J connectivity index is 2.08. The first-order valence-electron chi connectivity index (χ1n) is 6.32. The summed E-state index contributed by atoms with van der Waals surface area (Å²) in [6, 6.07) is 19.8. The summed E-state index contributed by atoms with van der Waals surface area (Å²) in [7, 11) is 0. The number of halogens is 1. The Hall–Kier alpha value is -2.39. The number of aromatic nitrogens is 3. The molecule has 0 aliphatic carbocycles. The molecular formula is C16H10ClN3. The average molecular weight is 280 g/mol. The Morgan fingerprint density at radius 2 is 1.65 bits per heavy atom. The summed E-state index contributed by atoms with van der Waals surface area (Å²) in [5, 5.41) is 6.04. The van der Waals surface area contributed by atoms with E-state index in [0.717, 1.165) is 27.8 Å². The largest absolute Gasteiger partial charge is 0.228 e. The predicted molar refractivity (Wildman–Crippen MR) is 80.9 cm³/mol. The van der Waals surface area contributed by atoms with Crippen LogP contribution in [-0.4, -0.2) is 14.6 Å². The molecule has 2 aromatic carbocycles. The first-order chi connectivity index (χ1) is 9.83. The second-order valence-corrected chi connectivity index (χ2v) is 4.97. The van der Waals surface area contributed by atoms with Crippen molar-refractivity contribution in [3.63, 3.8) is 0 Å².